The van der Waals surface area contributed by atoms with Crippen LogP contribution in [0.1, 0.15) is 12.0 Å². The number of hydrogen-bond donors (Lipinski definition) is 1. The van der Waals surface area contributed by atoms with Crippen molar-refractivity contribution in [3.63, 3.8) is 0 Å². The Labute approximate surface area is 222 Å². The third-order valence-corrected chi connectivity index (χ3v) is 8.60. The summed E-state index contributed by atoms with van der Waals surface area (Å²) in [4.78, 5) is 22.9. The maximum Gasteiger partial charge on any atom is 0.249 e. The molecule has 2 aliphatic rings. The lowest BCUT2D eigenvalue weighted by Gasteiger charge is -2.26. The smallest absolute Gasteiger partial charge is 0.249 e. The number of carbonyl (C=O) groups excluding carboxylic acids is 1. The second-order valence-electron chi connectivity index (χ2n) is 8.71. The number of nitrogens with zero attached hydrogens (tertiary/aromatic N) is 3. The molecule has 0 radical (unpaired) electrons. The SMILES string of the molecule is O=C1[C@@H](N2CCc3c(-c4ccc(F)c(Cl)c4)cccc32)CCN1c1ccc(SNc2nccs2)cc1. The molecule has 0 aliphatic carbocycles. The maximum absolute atomic E-state index is 13.7. The zero-order chi connectivity index (χ0) is 24.6. The molecule has 1 saturated heterocycles. The van der Waals surface area contributed by atoms with Crippen molar-refractivity contribution < 1.29 is 9.18 Å². The van der Waals surface area contributed by atoms with Gasteiger partial charge < -0.3 is 14.5 Å². The van der Waals surface area contributed by atoms with E-state index in [2.05, 4.69) is 20.7 Å². The van der Waals surface area contributed by atoms with Gasteiger partial charge in [-0.25, -0.2) is 9.37 Å². The van der Waals surface area contributed by atoms with E-state index in [1.807, 2.05) is 46.7 Å². The van der Waals surface area contributed by atoms with Gasteiger partial charge in [0, 0.05) is 40.9 Å². The number of nitrogens with one attached hydrogen (secondary N) is 1. The fourth-order valence-corrected chi connectivity index (χ4v) is 6.40. The fraction of sp³-hybridized carbons (Fsp3) is 0.185. The van der Waals surface area contributed by atoms with Gasteiger partial charge in [-0.3, -0.25) is 4.79 Å². The molecule has 4 aromatic rings. The predicted molar refractivity (Wildman–Crippen MR) is 147 cm³/mol. The number of carbonyl (C=O) groups is 1. The molecule has 3 aromatic carbocycles. The van der Waals surface area contributed by atoms with E-state index in [0.29, 0.717) is 6.54 Å². The first-order valence-electron chi connectivity index (χ1n) is 11.7. The Bertz CT molecular complexity index is 1410. The quantitative estimate of drug-likeness (QED) is 0.272. The number of thiazole rings is 1. The second-order valence-corrected chi connectivity index (χ2v) is 10.9. The molecule has 9 heteroatoms. The van der Waals surface area contributed by atoms with Gasteiger partial charge in [-0.1, -0.05) is 29.8 Å². The van der Waals surface area contributed by atoms with Gasteiger partial charge in [-0.2, -0.15) is 0 Å². The van der Waals surface area contributed by atoms with Gasteiger partial charge in [0.1, 0.15) is 11.9 Å². The molecule has 182 valence electrons. The summed E-state index contributed by atoms with van der Waals surface area (Å²) in [6, 6.07) is 18.8. The van der Waals surface area contributed by atoms with Gasteiger partial charge in [0.25, 0.3) is 0 Å². The number of anilines is 3. The van der Waals surface area contributed by atoms with Crippen molar-refractivity contribution in [2.24, 2.45) is 0 Å². The zero-order valence-electron chi connectivity index (χ0n) is 19.2. The van der Waals surface area contributed by atoms with Crippen LogP contribution in [-0.4, -0.2) is 30.0 Å². The normalized spacial score (nSPS) is 17.1. The molecular weight excluding hydrogens is 515 g/mol. The van der Waals surface area contributed by atoms with Crippen molar-refractivity contribution in [2.45, 2.75) is 23.8 Å². The Kier molecular flexibility index (Phi) is 6.33. The number of halogens is 2. The molecule has 3 heterocycles. The summed E-state index contributed by atoms with van der Waals surface area (Å²) in [5.41, 5.74) is 5.10. The van der Waals surface area contributed by atoms with Gasteiger partial charge in [-0.05, 0) is 83.9 Å². The van der Waals surface area contributed by atoms with Crippen molar-refractivity contribution >= 4 is 57.3 Å². The number of amides is 1. The van der Waals surface area contributed by atoms with Gasteiger partial charge >= 0.3 is 0 Å². The molecule has 5 nitrogen and oxygen atoms in total. The minimum Gasteiger partial charge on any atom is -0.359 e. The van der Waals surface area contributed by atoms with Crippen molar-refractivity contribution in [1.82, 2.24) is 4.98 Å². The minimum atomic E-state index is -0.423. The number of aromatic nitrogens is 1. The first-order valence-corrected chi connectivity index (χ1v) is 13.7. The third-order valence-electron chi connectivity index (χ3n) is 6.68. The van der Waals surface area contributed by atoms with Gasteiger partial charge in [-0.15, -0.1) is 11.3 Å². The van der Waals surface area contributed by atoms with Gasteiger partial charge in [0.05, 0.1) is 5.02 Å². The van der Waals surface area contributed by atoms with E-state index in [4.69, 9.17) is 11.6 Å². The van der Waals surface area contributed by atoms with Crippen LogP contribution in [0.3, 0.4) is 0 Å². The van der Waals surface area contributed by atoms with Crippen LogP contribution < -0.4 is 14.5 Å². The summed E-state index contributed by atoms with van der Waals surface area (Å²) in [6.45, 7) is 1.47. The van der Waals surface area contributed by atoms with Crippen LogP contribution in [0.5, 0.6) is 0 Å². The Hall–Kier alpha value is -3.07. The van der Waals surface area contributed by atoms with Crippen LogP contribution in [-0.2, 0) is 11.2 Å². The lowest BCUT2D eigenvalue weighted by atomic mass is 9.98. The zero-order valence-corrected chi connectivity index (χ0v) is 21.5. The van der Waals surface area contributed by atoms with Crippen molar-refractivity contribution in [2.75, 3.05) is 27.6 Å². The Morgan fingerprint density at radius 3 is 2.75 bits per heavy atom. The minimum absolute atomic E-state index is 0.116. The third kappa shape index (κ3) is 4.34. The molecule has 2 aliphatic heterocycles. The molecule has 6 rings (SSSR count). The average molecular weight is 537 g/mol. The summed E-state index contributed by atoms with van der Waals surface area (Å²) in [5.74, 6) is -0.298. The number of rotatable bonds is 6. The molecule has 0 spiro atoms. The highest BCUT2D eigenvalue weighted by molar-refractivity contribution is 8.00. The highest BCUT2D eigenvalue weighted by Crippen LogP contribution is 2.40. The van der Waals surface area contributed by atoms with Crippen LogP contribution in [0.2, 0.25) is 5.02 Å². The first kappa shape index (κ1) is 23.3. The average Bonchev–Trinajstić information content (AvgIpc) is 3.65. The number of hydrogen-bond acceptors (Lipinski definition) is 6. The molecule has 1 atom stereocenters. The van der Waals surface area contributed by atoms with E-state index in [1.54, 1.807) is 29.7 Å². The molecule has 1 N–H and O–H groups in total. The summed E-state index contributed by atoms with van der Waals surface area (Å²) >= 11 is 9.10. The largest absolute Gasteiger partial charge is 0.359 e. The molecule has 0 unspecified atom stereocenters. The van der Waals surface area contributed by atoms with E-state index in [1.165, 1.54) is 23.6 Å². The highest BCUT2D eigenvalue weighted by atomic mass is 35.5. The maximum atomic E-state index is 13.7. The van der Waals surface area contributed by atoms with Crippen LogP contribution in [0.15, 0.2) is 77.1 Å². The summed E-state index contributed by atoms with van der Waals surface area (Å²) in [5, 5.41) is 2.91. The Morgan fingerprint density at radius 1 is 1.11 bits per heavy atom. The molecule has 1 amide bonds. The molecule has 0 bridgehead atoms. The van der Waals surface area contributed by atoms with E-state index in [9.17, 15) is 9.18 Å². The standard InChI is InChI=1S/C27H22ClFN4OS2/c28-22-16-17(4-9-23(22)29)20-2-1-3-24-21(20)10-13-33(24)25-11-14-32(26(25)34)18-5-7-19(8-6-18)36-31-27-30-12-15-35-27/h1-9,12,15-16,25H,10-11,13-14H2,(H,30,31)/t25-/m0/s1. The second kappa shape index (κ2) is 9.76. The van der Waals surface area contributed by atoms with Crippen molar-refractivity contribution in [1.29, 1.82) is 0 Å². The molecule has 36 heavy (non-hydrogen) atoms. The lowest BCUT2D eigenvalue weighted by molar-refractivity contribution is -0.118. The Balaban J connectivity index is 1.18. The van der Waals surface area contributed by atoms with Crippen LogP contribution in [0.4, 0.5) is 20.9 Å². The van der Waals surface area contributed by atoms with E-state index < -0.39 is 5.82 Å². The van der Waals surface area contributed by atoms with E-state index in [0.717, 1.165) is 51.9 Å². The fourth-order valence-electron chi connectivity index (χ4n) is 5.00. The summed E-state index contributed by atoms with van der Waals surface area (Å²) in [7, 11) is 0. The van der Waals surface area contributed by atoms with Crippen molar-refractivity contribution in [3.05, 3.63) is 88.6 Å². The van der Waals surface area contributed by atoms with E-state index >= 15 is 0 Å². The highest BCUT2D eigenvalue weighted by Gasteiger charge is 2.39. The predicted octanol–water partition coefficient (Wildman–Crippen LogP) is 6.89. The Morgan fingerprint density at radius 2 is 1.97 bits per heavy atom. The number of benzene rings is 3. The van der Waals surface area contributed by atoms with Gasteiger partial charge in [0.15, 0.2) is 5.13 Å². The summed E-state index contributed by atoms with van der Waals surface area (Å²) in [6.07, 6.45) is 3.37. The summed E-state index contributed by atoms with van der Waals surface area (Å²) < 4.78 is 16.9. The number of fused-ring (bicyclic) bond motifs is 1. The molecule has 0 saturated carbocycles. The van der Waals surface area contributed by atoms with Crippen LogP contribution >= 0.6 is 34.9 Å². The molecule has 1 fully saturated rings. The molecular formula is C27H22ClFN4OS2. The van der Waals surface area contributed by atoms with Crippen LogP contribution in [0.25, 0.3) is 11.1 Å². The first-order chi connectivity index (χ1) is 17.6. The monoisotopic (exact) mass is 536 g/mol. The van der Waals surface area contributed by atoms with Gasteiger partial charge in [0.2, 0.25) is 5.91 Å². The van der Waals surface area contributed by atoms with Crippen LogP contribution in [0, 0.1) is 5.82 Å². The van der Waals surface area contributed by atoms with Crippen molar-refractivity contribution in [3.8, 4) is 11.1 Å². The topological polar surface area (TPSA) is 48.5 Å². The van der Waals surface area contributed by atoms with E-state index in [-0.39, 0.29) is 17.0 Å². The molecule has 1 aromatic heterocycles. The lowest BCUT2D eigenvalue weighted by Crippen LogP contribution is -2.41.